The first-order chi connectivity index (χ1) is 24.7. The van der Waals surface area contributed by atoms with Gasteiger partial charge in [0.1, 0.15) is 10.0 Å². The van der Waals surface area contributed by atoms with E-state index in [0.717, 1.165) is 23.5 Å². The maximum atomic E-state index is 2.45. The van der Waals surface area contributed by atoms with Crippen LogP contribution >= 0.6 is 22.7 Å². The van der Waals surface area contributed by atoms with E-state index in [-0.39, 0.29) is 0 Å². The van der Waals surface area contributed by atoms with E-state index in [1.165, 1.54) is 52.9 Å². The Labute approximate surface area is 300 Å². The molecule has 0 bridgehead atoms. The summed E-state index contributed by atoms with van der Waals surface area (Å²) in [7, 11) is 0. The Morgan fingerprint density at radius 2 is 1.12 bits per heavy atom. The van der Waals surface area contributed by atoms with Gasteiger partial charge in [-0.3, -0.25) is 0 Å². The van der Waals surface area contributed by atoms with Crippen LogP contribution < -0.4 is 9.80 Å². The summed E-state index contributed by atoms with van der Waals surface area (Å²) in [5.41, 5.74) is 8.29. The maximum absolute atomic E-state index is 2.45. The fraction of sp³-hybridized carbons (Fsp3) is 0.0667. The maximum Gasteiger partial charge on any atom is 0.101 e. The number of para-hydroxylation sites is 4. The van der Waals surface area contributed by atoms with E-state index in [0.29, 0.717) is 5.92 Å². The first kappa shape index (κ1) is 30.4. The van der Waals surface area contributed by atoms with Gasteiger partial charge in [-0.05, 0) is 103 Å². The largest absolute Gasteiger partial charge is 0.309 e. The average Bonchev–Trinajstić information content (AvgIpc) is 3.92. The van der Waals surface area contributed by atoms with Crippen molar-refractivity contribution in [3.05, 3.63) is 182 Å². The minimum Gasteiger partial charge on any atom is -0.309 e. The van der Waals surface area contributed by atoms with Gasteiger partial charge in [0, 0.05) is 49.0 Å². The molecule has 0 saturated carbocycles. The molecule has 9 rings (SSSR count). The molecular weight excluding hydrogens is 647 g/mol. The van der Waals surface area contributed by atoms with Crippen molar-refractivity contribution in [3.63, 3.8) is 0 Å². The van der Waals surface area contributed by atoms with Crippen LogP contribution in [0.1, 0.15) is 13.3 Å². The molecule has 3 aromatic heterocycles. The predicted octanol–water partition coefficient (Wildman–Crippen LogP) is 13.7. The number of nitrogens with zero attached hydrogens (tertiary/aromatic N) is 3. The molecule has 0 radical (unpaired) electrons. The normalized spacial score (nSPS) is 14.3. The predicted molar refractivity (Wildman–Crippen MR) is 216 cm³/mol. The zero-order valence-electron chi connectivity index (χ0n) is 27.7. The molecule has 3 heterocycles. The second-order valence-corrected chi connectivity index (χ2v) is 14.8. The zero-order chi connectivity index (χ0) is 33.4. The van der Waals surface area contributed by atoms with Gasteiger partial charge in [0.05, 0.1) is 11.0 Å². The number of hydrogen-bond acceptors (Lipinski definition) is 4. The molecule has 1 unspecified atom stereocenters. The van der Waals surface area contributed by atoms with Gasteiger partial charge in [-0.2, -0.15) is 0 Å². The molecule has 1 aliphatic carbocycles. The van der Waals surface area contributed by atoms with Crippen LogP contribution in [0, 0.1) is 5.92 Å². The molecule has 1 aliphatic rings. The Bertz CT molecular complexity index is 2450. The number of thiophene rings is 2. The molecule has 50 heavy (non-hydrogen) atoms. The molecule has 5 aromatic carbocycles. The minimum atomic E-state index is 0.475. The van der Waals surface area contributed by atoms with E-state index in [1.54, 1.807) is 0 Å². The van der Waals surface area contributed by atoms with Gasteiger partial charge >= 0.3 is 0 Å². The molecule has 0 spiro atoms. The van der Waals surface area contributed by atoms with Crippen molar-refractivity contribution in [1.29, 1.82) is 0 Å². The van der Waals surface area contributed by atoms with Crippen molar-refractivity contribution < 1.29 is 0 Å². The summed E-state index contributed by atoms with van der Waals surface area (Å²) in [4.78, 5) is 7.31. The molecule has 0 N–H and O–H groups in total. The minimum absolute atomic E-state index is 0.475. The van der Waals surface area contributed by atoms with Crippen LogP contribution in [0.5, 0.6) is 0 Å². The van der Waals surface area contributed by atoms with Crippen LogP contribution in [0.2, 0.25) is 0 Å². The molecule has 0 saturated heterocycles. The summed E-state index contributed by atoms with van der Waals surface area (Å²) in [6.45, 7) is 2.30. The van der Waals surface area contributed by atoms with E-state index >= 15 is 0 Å². The lowest BCUT2D eigenvalue weighted by atomic mass is 10.0. The van der Waals surface area contributed by atoms with E-state index in [1.807, 2.05) is 22.7 Å². The SMILES string of the molecule is CC1C=C(N(c2ccc3c(c2)c2ccccc2n3-c2ccccc2)c2ccc(-c3ccc(N(c4ccccc4)c4ccccc4)s3)s2)C=CC1. The lowest BCUT2D eigenvalue weighted by molar-refractivity contribution is 0.726. The van der Waals surface area contributed by atoms with Crippen molar-refractivity contribution in [2.24, 2.45) is 5.92 Å². The molecule has 5 heteroatoms. The summed E-state index contributed by atoms with van der Waals surface area (Å²) in [5.74, 6) is 0.475. The van der Waals surface area contributed by atoms with E-state index < -0.39 is 0 Å². The number of anilines is 5. The highest BCUT2D eigenvalue weighted by molar-refractivity contribution is 7.25. The van der Waals surface area contributed by atoms with Gasteiger partial charge in [0.25, 0.3) is 0 Å². The molecule has 8 aromatic rings. The molecule has 242 valence electrons. The lowest BCUT2D eigenvalue weighted by Gasteiger charge is -2.27. The average molecular weight is 682 g/mol. The number of hydrogen-bond donors (Lipinski definition) is 0. The molecule has 3 nitrogen and oxygen atoms in total. The quantitative estimate of drug-likeness (QED) is 0.158. The highest BCUT2D eigenvalue weighted by Crippen LogP contribution is 2.47. The first-order valence-corrected chi connectivity index (χ1v) is 18.7. The Balaban J connectivity index is 1.14. The number of aromatic nitrogens is 1. The Kier molecular flexibility index (Phi) is 7.92. The smallest absolute Gasteiger partial charge is 0.101 e. The van der Waals surface area contributed by atoms with E-state index in [4.69, 9.17) is 0 Å². The molecule has 1 atom stereocenters. The van der Waals surface area contributed by atoms with Crippen molar-refractivity contribution in [3.8, 4) is 15.4 Å². The fourth-order valence-electron chi connectivity index (χ4n) is 7.04. The second-order valence-electron chi connectivity index (χ2n) is 12.7. The molecule has 0 amide bonds. The van der Waals surface area contributed by atoms with Crippen LogP contribution in [-0.4, -0.2) is 4.57 Å². The standard InChI is InChI=1S/C45H35N3S2/c1-32-14-13-21-36(30-32)47(37-24-25-41-39(31-37)38-22-11-12-23-40(38)48(41)35-19-9-4-10-20-35)45-29-27-43(50-45)42-26-28-44(49-42)46(33-15-5-2-6-16-33)34-17-7-3-8-18-34/h2-13,15-32H,14H2,1H3. The Morgan fingerprint density at radius 3 is 1.78 bits per heavy atom. The van der Waals surface area contributed by atoms with Crippen LogP contribution in [-0.2, 0) is 0 Å². The highest BCUT2D eigenvalue weighted by Gasteiger charge is 2.22. The van der Waals surface area contributed by atoms with Crippen LogP contribution in [0.3, 0.4) is 0 Å². The summed E-state index contributed by atoms with van der Waals surface area (Å²) < 4.78 is 2.38. The topological polar surface area (TPSA) is 11.4 Å². The molecule has 0 fully saturated rings. The first-order valence-electron chi connectivity index (χ1n) is 17.1. The van der Waals surface area contributed by atoms with Gasteiger partial charge in [-0.1, -0.05) is 91.9 Å². The van der Waals surface area contributed by atoms with Crippen LogP contribution in [0.15, 0.2) is 182 Å². The van der Waals surface area contributed by atoms with Gasteiger partial charge in [0.2, 0.25) is 0 Å². The number of fused-ring (bicyclic) bond motifs is 3. The summed E-state index contributed by atoms with van der Waals surface area (Å²) >= 11 is 3.68. The van der Waals surface area contributed by atoms with Gasteiger partial charge in [0.15, 0.2) is 0 Å². The third-order valence-corrected chi connectivity index (χ3v) is 11.7. The monoisotopic (exact) mass is 681 g/mol. The van der Waals surface area contributed by atoms with Crippen LogP contribution in [0.25, 0.3) is 37.2 Å². The van der Waals surface area contributed by atoms with Crippen molar-refractivity contribution in [2.45, 2.75) is 13.3 Å². The summed E-state index contributed by atoms with van der Waals surface area (Å²) in [6.07, 6.45) is 8.08. The van der Waals surface area contributed by atoms with E-state index in [2.05, 4.69) is 197 Å². The van der Waals surface area contributed by atoms with Crippen molar-refractivity contribution >= 4 is 71.5 Å². The zero-order valence-corrected chi connectivity index (χ0v) is 29.3. The van der Waals surface area contributed by atoms with Gasteiger partial charge in [-0.15, -0.1) is 22.7 Å². The molecular formula is C45H35N3S2. The fourth-order valence-corrected chi connectivity index (χ4v) is 9.23. The Morgan fingerprint density at radius 1 is 0.540 bits per heavy atom. The van der Waals surface area contributed by atoms with Gasteiger partial charge < -0.3 is 14.4 Å². The summed E-state index contributed by atoms with van der Waals surface area (Å²) in [5, 5.41) is 4.90. The van der Waals surface area contributed by atoms with Crippen molar-refractivity contribution in [2.75, 3.05) is 9.80 Å². The number of benzene rings is 5. The number of rotatable bonds is 8. The highest BCUT2D eigenvalue weighted by atomic mass is 32.1. The third-order valence-electron chi connectivity index (χ3n) is 9.33. The second kappa shape index (κ2) is 13.0. The molecule has 0 aliphatic heterocycles. The summed E-state index contributed by atoms with van der Waals surface area (Å²) in [6, 6.07) is 56.7. The lowest BCUT2D eigenvalue weighted by Crippen LogP contribution is -2.16. The van der Waals surface area contributed by atoms with Crippen molar-refractivity contribution in [1.82, 2.24) is 4.57 Å². The number of allylic oxidation sites excluding steroid dienone is 3. The van der Waals surface area contributed by atoms with Crippen LogP contribution in [0.4, 0.5) is 27.1 Å². The Hall–Kier alpha value is -5.62. The third kappa shape index (κ3) is 5.55. The van der Waals surface area contributed by atoms with E-state index in [9.17, 15) is 0 Å². The van der Waals surface area contributed by atoms with Gasteiger partial charge in [-0.25, -0.2) is 0 Å².